The minimum Gasteiger partial charge on any atom is -0.383 e. The highest BCUT2D eigenvalue weighted by molar-refractivity contribution is 7.95. The SMILES string of the molecule is C=C(C(O)c1ccc([N+](=O)[O-])cc1)S(=O)(=O)c1ccccc1. The molecular formula is C15H13NO5S. The largest absolute Gasteiger partial charge is 0.383 e. The highest BCUT2D eigenvalue weighted by atomic mass is 32.2. The average molecular weight is 319 g/mol. The van der Waals surface area contributed by atoms with Crippen molar-refractivity contribution in [2.75, 3.05) is 0 Å². The molecule has 6 nitrogen and oxygen atoms in total. The molecule has 0 aliphatic rings. The first-order valence-electron chi connectivity index (χ1n) is 6.25. The van der Waals surface area contributed by atoms with Crippen molar-refractivity contribution >= 4 is 15.5 Å². The summed E-state index contributed by atoms with van der Waals surface area (Å²) in [5, 5.41) is 20.8. The van der Waals surface area contributed by atoms with Crippen LogP contribution in [-0.4, -0.2) is 18.4 Å². The lowest BCUT2D eigenvalue weighted by atomic mass is 10.1. The van der Waals surface area contributed by atoms with Gasteiger partial charge < -0.3 is 5.11 Å². The summed E-state index contributed by atoms with van der Waals surface area (Å²) >= 11 is 0. The molecule has 2 aromatic carbocycles. The van der Waals surface area contributed by atoms with E-state index in [2.05, 4.69) is 6.58 Å². The molecule has 0 saturated heterocycles. The van der Waals surface area contributed by atoms with E-state index in [0.717, 1.165) is 0 Å². The molecule has 0 fully saturated rings. The van der Waals surface area contributed by atoms with E-state index in [-0.39, 0.29) is 21.1 Å². The second-order valence-corrected chi connectivity index (χ2v) is 6.54. The maximum Gasteiger partial charge on any atom is 0.269 e. The van der Waals surface area contributed by atoms with Crippen LogP contribution < -0.4 is 0 Å². The quantitative estimate of drug-likeness (QED) is 0.675. The van der Waals surface area contributed by atoms with E-state index < -0.39 is 20.9 Å². The monoisotopic (exact) mass is 319 g/mol. The molecule has 0 aliphatic carbocycles. The van der Waals surface area contributed by atoms with Gasteiger partial charge in [0, 0.05) is 12.1 Å². The van der Waals surface area contributed by atoms with Gasteiger partial charge in [-0.3, -0.25) is 10.1 Å². The normalized spacial score (nSPS) is 12.6. The predicted molar refractivity (Wildman–Crippen MR) is 80.8 cm³/mol. The van der Waals surface area contributed by atoms with Crippen molar-refractivity contribution in [3.63, 3.8) is 0 Å². The Bertz CT molecular complexity index is 798. The Morgan fingerprint density at radius 3 is 2.14 bits per heavy atom. The summed E-state index contributed by atoms with van der Waals surface area (Å²) < 4.78 is 24.7. The molecule has 22 heavy (non-hydrogen) atoms. The van der Waals surface area contributed by atoms with Crippen molar-refractivity contribution in [3.8, 4) is 0 Å². The first-order chi connectivity index (χ1) is 10.3. The number of non-ortho nitro benzene ring substituents is 1. The summed E-state index contributed by atoms with van der Waals surface area (Å²) in [6, 6.07) is 12.6. The standard InChI is InChI=1S/C15H13NO5S/c1-11(22(20,21)14-5-3-2-4-6-14)15(17)12-7-9-13(10-8-12)16(18)19/h2-10,15,17H,1H2. The predicted octanol–water partition coefficient (Wildman–Crippen LogP) is 2.62. The maximum atomic E-state index is 12.4. The zero-order chi connectivity index (χ0) is 16.3. The van der Waals surface area contributed by atoms with Gasteiger partial charge in [0.05, 0.1) is 14.7 Å². The number of hydrogen-bond acceptors (Lipinski definition) is 5. The average Bonchev–Trinajstić information content (AvgIpc) is 2.54. The number of benzene rings is 2. The lowest BCUT2D eigenvalue weighted by molar-refractivity contribution is -0.384. The topological polar surface area (TPSA) is 97.5 Å². The lowest BCUT2D eigenvalue weighted by Crippen LogP contribution is -2.11. The van der Waals surface area contributed by atoms with E-state index >= 15 is 0 Å². The Balaban J connectivity index is 2.31. The second kappa shape index (κ2) is 6.08. The summed E-state index contributed by atoms with van der Waals surface area (Å²) in [6.45, 7) is 3.46. The van der Waals surface area contributed by atoms with E-state index in [0.29, 0.717) is 0 Å². The molecule has 0 amide bonds. The second-order valence-electron chi connectivity index (χ2n) is 4.53. The van der Waals surface area contributed by atoms with Crippen molar-refractivity contribution < 1.29 is 18.4 Å². The van der Waals surface area contributed by atoms with Crippen LogP contribution in [0.2, 0.25) is 0 Å². The van der Waals surface area contributed by atoms with Crippen LogP contribution in [0, 0.1) is 10.1 Å². The van der Waals surface area contributed by atoms with Crippen LogP contribution in [0.25, 0.3) is 0 Å². The van der Waals surface area contributed by atoms with Crippen LogP contribution in [0.15, 0.2) is 71.0 Å². The third-order valence-corrected chi connectivity index (χ3v) is 4.93. The van der Waals surface area contributed by atoms with Gasteiger partial charge in [0.2, 0.25) is 9.84 Å². The molecule has 0 spiro atoms. The number of aliphatic hydroxyl groups is 1. The number of nitro benzene ring substituents is 1. The molecule has 0 aliphatic heterocycles. The first kappa shape index (κ1) is 15.9. The fourth-order valence-corrected chi connectivity index (χ4v) is 3.11. The van der Waals surface area contributed by atoms with Crippen molar-refractivity contribution in [1.29, 1.82) is 0 Å². The molecule has 0 saturated carbocycles. The molecule has 7 heteroatoms. The number of sulfone groups is 1. The Labute approximate surface area is 127 Å². The van der Waals surface area contributed by atoms with Gasteiger partial charge in [-0.2, -0.15) is 0 Å². The van der Waals surface area contributed by atoms with Crippen LogP contribution in [0.3, 0.4) is 0 Å². The van der Waals surface area contributed by atoms with E-state index in [1.54, 1.807) is 18.2 Å². The van der Waals surface area contributed by atoms with Crippen molar-refractivity contribution in [2.24, 2.45) is 0 Å². The van der Waals surface area contributed by atoms with Gasteiger partial charge in [-0.25, -0.2) is 8.42 Å². The van der Waals surface area contributed by atoms with Gasteiger partial charge >= 0.3 is 0 Å². The van der Waals surface area contributed by atoms with Crippen LogP contribution in [0.5, 0.6) is 0 Å². The van der Waals surface area contributed by atoms with Gasteiger partial charge in [-0.1, -0.05) is 24.8 Å². The fraction of sp³-hybridized carbons (Fsp3) is 0.0667. The third-order valence-electron chi connectivity index (χ3n) is 3.12. The molecular weight excluding hydrogens is 306 g/mol. The van der Waals surface area contributed by atoms with Gasteiger partial charge in [-0.05, 0) is 29.8 Å². The molecule has 0 radical (unpaired) electrons. The van der Waals surface area contributed by atoms with Crippen LogP contribution in [0.4, 0.5) is 5.69 Å². The Morgan fingerprint density at radius 1 is 1.09 bits per heavy atom. The Kier molecular flexibility index (Phi) is 4.39. The highest BCUT2D eigenvalue weighted by Crippen LogP contribution is 2.29. The summed E-state index contributed by atoms with van der Waals surface area (Å²) in [5.74, 6) is 0. The first-order valence-corrected chi connectivity index (χ1v) is 7.73. The Hall–Kier alpha value is -2.51. The molecule has 1 unspecified atom stereocenters. The van der Waals surface area contributed by atoms with Crippen molar-refractivity contribution in [3.05, 3.63) is 81.8 Å². The zero-order valence-corrected chi connectivity index (χ0v) is 12.2. The molecule has 2 rings (SSSR count). The van der Waals surface area contributed by atoms with E-state index in [1.165, 1.54) is 36.4 Å². The van der Waals surface area contributed by atoms with Gasteiger partial charge in [-0.15, -0.1) is 0 Å². The van der Waals surface area contributed by atoms with E-state index in [4.69, 9.17) is 0 Å². The molecule has 1 atom stereocenters. The molecule has 1 N–H and O–H groups in total. The molecule has 2 aromatic rings. The van der Waals surface area contributed by atoms with Crippen molar-refractivity contribution in [2.45, 2.75) is 11.0 Å². The van der Waals surface area contributed by atoms with Crippen LogP contribution >= 0.6 is 0 Å². The molecule has 0 heterocycles. The molecule has 114 valence electrons. The van der Waals surface area contributed by atoms with E-state index in [9.17, 15) is 23.6 Å². The number of hydrogen-bond donors (Lipinski definition) is 1. The third kappa shape index (κ3) is 3.05. The smallest absolute Gasteiger partial charge is 0.269 e. The number of rotatable bonds is 5. The van der Waals surface area contributed by atoms with Crippen LogP contribution in [0.1, 0.15) is 11.7 Å². The van der Waals surface area contributed by atoms with Gasteiger partial charge in [0.15, 0.2) is 0 Å². The zero-order valence-electron chi connectivity index (χ0n) is 11.4. The van der Waals surface area contributed by atoms with Gasteiger partial charge in [0.25, 0.3) is 5.69 Å². The number of aliphatic hydroxyl groups excluding tert-OH is 1. The Morgan fingerprint density at radius 2 is 1.64 bits per heavy atom. The maximum absolute atomic E-state index is 12.4. The minimum atomic E-state index is -3.89. The minimum absolute atomic E-state index is 0.0287. The highest BCUT2D eigenvalue weighted by Gasteiger charge is 2.26. The fourth-order valence-electron chi connectivity index (χ4n) is 1.86. The van der Waals surface area contributed by atoms with E-state index in [1.807, 2.05) is 0 Å². The number of nitrogens with zero attached hydrogens (tertiary/aromatic N) is 1. The lowest BCUT2D eigenvalue weighted by Gasteiger charge is -2.14. The van der Waals surface area contributed by atoms with Crippen molar-refractivity contribution in [1.82, 2.24) is 0 Å². The molecule has 0 bridgehead atoms. The van der Waals surface area contributed by atoms with Crippen LogP contribution in [-0.2, 0) is 9.84 Å². The van der Waals surface area contributed by atoms with Gasteiger partial charge in [0.1, 0.15) is 6.10 Å². The number of nitro groups is 1. The summed E-state index contributed by atoms with van der Waals surface area (Å²) in [6.07, 6.45) is -1.47. The summed E-state index contributed by atoms with van der Waals surface area (Å²) in [5.41, 5.74) is 0.0718. The molecule has 0 aromatic heterocycles. The summed E-state index contributed by atoms with van der Waals surface area (Å²) in [7, 11) is -3.89. The summed E-state index contributed by atoms with van der Waals surface area (Å²) in [4.78, 5) is 9.66.